The van der Waals surface area contributed by atoms with Crippen molar-refractivity contribution in [1.29, 1.82) is 0 Å². The molecule has 0 rings (SSSR count). The summed E-state index contributed by atoms with van der Waals surface area (Å²) >= 11 is 0. The molecule has 0 radical (unpaired) electrons. The van der Waals surface area contributed by atoms with Gasteiger partial charge in [0.2, 0.25) is 0 Å². The van der Waals surface area contributed by atoms with Gasteiger partial charge in [0.1, 0.15) is 0 Å². The van der Waals surface area contributed by atoms with E-state index in [1.165, 1.54) is 0 Å². The summed E-state index contributed by atoms with van der Waals surface area (Å²) in [6.07, 6.45) is -0.337. The minimum atomic E-state index is -0.691. The van der Waals surface area contributed by atoms with Gasteiger partial charge in [0, 0.05) is 6.54 Å². The van der Waals surface area contributed by atoms with Crippen molar-refractivity contribution in [1.82, 2.24) is 5.32 Å². The lowest BCUT2D eigenvalue weighted by molar-refractivity contribution is 0.0931. The van der Waals surface area contributed by atoms with Crippen LogP contribution in [0.15, 0.2) is 0 Å². The molecule has 0 aromatic carbocycles. The van der Waals surface area contributed by atoms with E-state index in [2.05, 4.69) is 5.32 Å². The topological polar surface area (TPSA) is 72.7 Å². The lowest BCUT2D eigenvalue weighted by atomic mass is 10.3. The molecule has 68 valence electrons. The van der Waals surface area contributed by atoms with Crippen LogP contribution in [0, 0.1) is 0 Å². The second kappa shape index (κ2) is 6.54. The molecule has 11 heavy (non-hydrogen) atoms. The van der Waals surface area contributed by atoms with Crippen LogP contribution in [0.4, 0.5) is 0 Å². The van der Waals surface area contributed by atoms with Crippen molar-refractivity contribution >= 4 is 0 Å². The second-order valence-corrected chi connectivity index (χ2v) is 2.68. The van der Waals surface area contributed by atoms with Crippen molar-refractivity contribution in [3.05, 3.63) is 0 Å². The fraction of sp³-hybridized carbons (Fsp3) is 1.00. The van der Waals surface area contributed by atoms with Gasteiger partial charge in [-0.15, -0.1) is 0 Å². The lowest BCUT2D eigenvalue weighted by Crippen LogP contribution is -2.30. The molecule has 0 saturated carbocycles. The maximum absolute atomic E-state index is 8.85. The molecule has 0 fully saturated rings. The normalized spacial score (nSPS) is 16.4. The van der Waals surface area contributed by atoms with Gasteiger partial charge in [-0.3, -0.25) is 0 Å². The van der Waals surface area contributed by atoms with Gasteiger partial charge in [-0.1, -0.05) is 0 Å². The average molecular weight is 163 g/mol. The highest BCUT2D eigenvalue weighted by molar-refractivity contribution is 4.58. The zero-order valence-corrected chi connectivity index (χ0v) is 6.82. The third-order valence-corrected chi connectivity index (χ3v) is 1.33. The molecule has 0 aliphatic heterocycles. The van der Waals surface area contributed by atoms with E-state index in [0.717, 1.165) is 0 Å². The van der Waals surface area contributed by atoms with Gasteiger partial charge >= 0.3 is 0 Å². The van der Waals surface area contributed by atoms with E-state index in [1.807, 2.05) is 0 Å². The zero-order valence-electron chi connectivity index (χ0n) is 6.82. The van der Waals surface area contributed by atoms with Gasteiger partial charge in [-0.25, -0.2) is 0 Å². The molecule has 4 nitrogen and oxygen atoms in total. The van der Waals surface area contributed by atoms with E-state index in [4.69, 9.17) is 15.3 Å². The molecule has 4 heteroatoms. The van der Waals surface area contributed by atoms with Crippen LogP contribution in [0.25, 0.3) is 0 Å². The fourth-order valence-electron chi connectivity index (χ4n) is 0.644. The Bertz CT molecular complexity index is 87.8. The third-order valence-electron chi connectivity index (χ3n) is 1.33. The molecule has 0 aromatic heterocycles. The molecule has 0 heterocycles. The molecule has 2 atom stereocenters. The average Bonchev–Trinajstić information content (AvgIpc) is 1.97. The summed E-state index contributed by atoms with van der Waals surface area (Å²) in [5.41, 5.74) is 0. The highest BCUT2D eigenvalue weighted by Crippen LogP contribution is 1.86. The van der Waals surface area contributed by atoms with Crippen molar-refractivity contribution in [2.75, 3.05) is 19.7 Å². The van der Waals surface area contributed by atoms with Gasteiger partial charge in [0.15, 0.2) is 0 Å². The minimum Gasteiger partial charge on any atom is -0.394 e. The molecule has 0 saturated heterocycles. The van der Waals surface area contributed by atoms with Crippen LogP contribution in [0.1, 0.15) is 13.3 Å². The van der Waals surface area contributed by atoms with E-state index in [0.29, 0.717) is 19.5 Å². The first kappa shape index (κ1) is 10.8. The van der Waals surface area contributed by atoms with Crippen LogP contribution in [-0.2, 0) is 0 Å². The smallest absolute Gasteiger partial charge is 0.0894 e. The van der Waals surface area contributed by atoms with Crippen LogP contribution >= 0.6 is 0 Å². The van der Waals surface area contributed by atoms with Gasteiger partial charge in [-0.2, -0.15) is 0 Å². The molecule has 0 aromatic rings. The minimum absolute atomic E-state index is 0.221. The summed E-state index contributed by atoms with van der Waals surface area (Å²) in [6, 6.07) is 0. The molecule has 4 N–H and O–H groups in total. The van der Waals surface area contributed by atoms with Gasteiger partial charge in [0.05, 0.1) is 18.8 Å². The quantitative estimate of drug-likeness (QED) is 0.367. The monoisotopic (exact) mass is 163 g/mol. The number of rotatable bonds is 6. The Balaban J connectivity index is 3.01. The Morgan fingerprint density at radius 2 is 2.00 bits per heavy atom. The Morgan fingerprint density at radius 1 is 1.36 bits per heavy atom. The lowest BCUT2D eigenvalue weighted by Gasteiger charge is -2.09. The summed E-state index contributed by atoms with van der Waals surface area (Å²) in [5.74, 6) is 0. The van der Waals surface area contributed by atoms with Crippen molar-refractivity contribution < 1.29 is 15.3 Å². The molecular formula is C7H17NO3. The third kappa shape index (κ3) is 7.74. The first-order valence-electron chi connectivity index (χ1n) is 3.84. The largest absolute Gasteiger partial charge is 0.394 e. The molecule has 0 aliphatic rings. The molecular weight excluding hydrogens is 146 g/mol. The van der Waals surface area contributed by atoms with Crippen LogP contribution in [0.2, 0.25) is 0 Å². The zero-order chi connectivity index (χ0) is 8.69. The number of aliphatic hydroxyl groups is 3. The summed E-state index contributed by atoms with van der Waals surface area (Å²) in [6.45, 7) is 2.53. The Morgan fingerprint density at radius 3 is 2.45 bits per heavy atom. The van der Waals surface area contributed by atoms with Crippen LogP contribution in [-0.4, -0.2) is 47.2 Å². The summed E-state index contributed by atoms with van der Waals surface area (Å²) in [5, 5.41) is 29.0. The van der Waals surface area contributed by atoms with Crippen molar-refractivity contribution in [3.8, 4) is 0 Å². The Kier molecular flexibility index (Phi) is 6.45. The predicted molar refractivity (Wildman–Crippen MR) is 42.3 cm³/mol. The van der Waals surface area contributed by atoms with E-state index < -0.39 is 6.10 Å². The van der Waals surface area contributed by atoms with Crippen molar-refractivity contribution in [2.45, 2.75) is 25.6 Å². The van der Waals surface area contributed by atoms with E-state index in [9.17, 15) is 0 Å². The second-order valence-electron chi connectivity index (χ2n) is 2.68. The molecule has 0 aliphatic carbocycles. The first-order valence-corrected chi connectivity index (χ1v) is 3.84. The van der Waals surface area contributed by atoms with Gasteiger partial charge < -0.3 is 20.6 Å². The van der Waals surface area contributed by atoms with Crippen molar-refractivity contribution in [2.24, 2.45) is 0 Å². The standard InChI is InChI=1S/C7H17NO3/c1-6(10)2-3-8-4-7(11)5-9/h6-11H,2-5H2,1H3/t6?,7-/m0/s1. The van der Waals surface area contributed by atoms with Crippen LogP contribution < -0.4 is 5.32 Å². The molecule has 0 bridgehead atoms. The Labute approximate surface area is 66.9 Å². The Hall–Kier alpha value is -0.160. The molecule has 1 unspecified atom stereocenters. The fourth-order valence-corrected chi connectivity index (χ4v) is 0.644. The number of hydrogen-bond donors (Lipinski definition) is 4. The van der Waals surface area contributed by atoms with E-state index >= 15 is 0 Å². The summed E-state index contributed by atoms with van der Waals surface area (Å²) < 4.78 is 0. The molecule has 0 spiro atoms. The van der Waals surface area contributed by atoms with E-state index in [-0.39, 0.29) is 12.7 Å². The highest BCUT2D eigenvalue weighted by Gasteiger charge is 2.00. The molecule has 0 amide bonds. The predicted octanol–water partition coefficient (Wildman–Crippen LogP) is -1.30. The van der Waals surface area contributed by atoms with Gasteiger partial charge in [-0.05, 0) is 19.9 Å². The number of aliphatic hydroxyl groups excluding tert-OH is 3. The van der Waals surface area contributed by atoms with Crippen molar-refractivity contribution in [3.63, 3.8) is 0 Å². The SMILES string of the molecule is CC(O)CCNC[C@H](O)CO. The van der Waals surface area contributed by atoms with Gasteiger partial charge in [0.25, 0.3) is 0 Å². The number of nitrogens with one attached hydrogen (secondary N) is 1. The summed E-state index contributed by atoms with van der Waals surface area (Å²) in [4.78, 5) is 0. The maximum Gasteiger partial charge on any atom is 0.0894 e. The number of hydrogen-bond acceptors (Lipinski definition) is 4. The van der Waals surface area contributed by atoms with Crippen LogP contribution in [0.5, 0.6) is 0 Å². The van der Waals surface area contributed by atoms with Crippen LogP contribution in [0.3, 0.4) is 0 Å². The maximum atomic E-state index is 8.85. The highest BCUT2D eigenvalue weighted by atomic mass is 16.3. The summed E-state index contributed by atoms with van der Waals surface area (Å²) in [7, 11) is 0. The van der Waals surface area contributed by atoms with E-state index in [1.54, 1.807) is 6.92 Å². The first-order chi connectivity index (χ1) is 5.16.